The Labute approximate surface area is 190 Å². The number of nitrogens with two attached hydrogens (primary N) is 1. The number of rotatable bonds is 5. The molecule has 0 aliphatic heterocycles. The van der Waals surface area contributed by atoms with Crippen LogP contribution in [0.3, 0.4) is 0 Å². The topological polar surface area (TPSA) is 68.4 Å². The van der Waals surface area contributed by atoms with Gasteiger partial charge in [-0.1, -0.05) is 41.4 Å². The van der Waals surface area contributed by atoms with Crippen LogP contribution in [0.5, 0.6) is 5.75 Å². The van der Waals surface area contributed by atoms with Gasteiger partial charge >= 0.3 is 0 Å². The van der Waals surface area contributed by atoms with Crippen molar-refractivity contribution in [2.24, 2.45) is 5.73 Å². The third kappa shape index (κ3) is 5.72. The summed E-state index contributed by atoms with van der Waals surface area (Å²) in [4.78, 5) is 3.85. The van der Waals surface area contributed by atoms with Crippen LogP contribution in [-0.4, -0.2) is 17.2 Å². The number of hydrogen-bond acceptors (Lipinski definition) is 4. The predicted octanol–water partition coefficient (Wildman–Crippen LogP) is 5.78. The molecule has 0 radical (unpaired) electrons. The van der Waals surface area contributed by atoms with Gasteiger partial charge in [0.1, 0.15) is 11.6 Å². The molecule has 4 nitrogen and oxygen atoms in total. The molecule has 1 aromatic heterocycles. The molecular formula is C20H19Cl4FN2O2. The molecule has 3 rings (SSSR count). The molecule has 1 heterocycles. The normalized spacial score (nSPS) is 12.3. The fraction of sp³-hybridized carbons (Fsp3) is 0.150. The summed E-state index contributed by atoms with van der Waals surface area (Å²) in [6, 6.07) is 10.7. The van der Waals surface area contributed by atoms with Gasteiger partial charge in [-0.3, -0.25) is 4.98 Å². The lowest BCUT2D eigenvalue weighted by Gasteiger charge is -2.21. The fourth-order valence-corrected chi connectivity index (χ4v) is 3.11. The number of ether oxygens (including phenoxy) is 1. The third-order valence-electron chi connectivity index (χ3n) is 4.25. The number of nitrogens with zero attached hydrogens (tertiary/aromatic N) is 1. The summed E-state index contributed by atoms with van der Waals surface area (Å²) in [5.74, 6) is 0.0283. The van der Waals surface area contributed by atoms with Crippen molar-refractivity contribution in [3.63, 3.8) is 0 Å². The Hall–Kier alpha value is -1.60. The maximum atomic E-state index is 13.5. The van der Waals surface area contributed by atoms with Crippen LogP contribution in [0.2, 0.25) is 10.0 Å². The number of pyridine rings is 1. The first-order valence-corrected chi connectivity index (χ1v) is 8.83. The molecule has 0 aliphatic carbocycles. The number of benzene rings is 2. The number of aliphatic hydroxyl groups is 1. The van der Waals surface area contributed by atoms with Crippen LogP contribution in [0.1, 0.15) is 23.3 Å². The van der Waals surface area contributed by atoms with Crippen molar-refractivity contribution in [3.8, 4) is 16.9 Å². The van der Waals surface area contributed by atoms with Crippen LogP contribution >= 0.6 is 48.0 Å². The van der Waals surface area contributed by atoms with E-state index in [1.54, 1.807) is 42.6 Å². The van der Waals surface area contributed by atoms with Gasteiger partial charge in [-0.2, -0.15) is 0 Å². The Morgan fingerprint density at radius 1 is 1.00 bits per heavy atom. The lowest BCUT2D eigenvalue weighted by atomic mass is 9.94. The Bertz CT molecular complexity index is 975. The smallest absolute Gasteiger partial charge is 0.142 e. The highest BCUT2D eigenvalue weighted by Gasteiger charge is 2.21. The lowest BCUT2D eigenvalue weighted by Crippen LogP contribution is -2.19. The molecule has 0 saturated heterocycles. The van der Waals surface area contributed by atoms with Crippen molar-refractivity contribution >= 4 is 48.0 Å². The van der Waals surface area contributed by atoms with E-state index >= 15 is 0 Å². The Kier molecular flexibility index (Phi) is 9.62. The molecule has 0 amide bonds. The van der Waals surface area contributed by atoms with Crippen LogP contribution in [0.4, 0.5) is 4.39 Å². The number of hydrogen-bond donors (Lipinski definition) is 2. The fourth-order valence-electron chi connectivity index (χ4n) is 2.80. The highest BCUT2D eigenvalue weighted by atomic mass is 35.5. The molecule has 0 fully saturated rings. The van der Waals surface area contributed by atoms with Crippen LogP contribution in [0, 0.1) is 5.82 Å². The summed E-state index contributed by atoms with van der Waals surface area (Å²) < 4.78 is 18.9. The van der Waals surface area contributed by atoms with Gasteiger partial charge in [0.25, 0.3) is 0 Å². The van der Waals surface area contributed by atoms with Gasteiger partial charge in [-0.25, -0.2) is 4.39 Å². The van der Waals surface area contributed by atoms with Crippen molar-refractivity contribution in [1.29, 1.82) is 0 Å². The van der Waals surface area contributed by atoms with Crippen molar-refractivity contribution < 1.29 is 14.2 Å². The van der Waals surface area contributed by atoms with Crippen LogP contribution in [-0.2, 0) is 0 Å². The Morgan fingerprint density at radius 3 is 2.31 bits per heavy atom. The van der Waals surface area contributed by atoms with Gasteiger partial charge in [0.15, 0.2) is 0 Å². The molecular weight excluding hydrogens is 461 g/mol. The maximum absolute atomic E-state index is 13.5. The second kappa shape index (κ2) is 11.0. The lowest BCUT2D eigenvalue weighted by molar-refractivity contribution is 0.146. The summed E-state index contributed by atoms with van der Waals surface area (Å²) in [5.41, 5.74) is 8.63. The van der Waals surface area contributed by atoms with Crippen molar-refractivity contribution in [3.05, 3.63) is 81.8 Å². The molecule has 0 spiro atoms. The van der Waals surface area contributed by atoms with E-state index in [9.17, 15) is 9.50 Å². The summed E-state index contributed by atoms with van der Waals surface area (Å²) in [5, 5.41) is 11.5. The highest BCUT2D eigenvalue weighted by molar-refractivity contribution is 6.42. The molecule has 9 heteroatoms. The zero-order chi connectivity index (χ0) is 19.6. The zero-order valence-electron chi connectivity index (χ0n) is 15.2. The number of methoxy groups -OCH3 is 1. The minimum absolute atomic E-state index is 0. The van der Waals surface area contributed by atoms with Gasteiger partial charge in [-0.05, 0) is 35.4 Å². The van der Waals surface area contributed by atoms with Gasteiger partial charge in [0.2, 0.25) is 0 Å². The van der Waals surface area contributed by atoms with Crippen LogP contribution < -0.4 is 10.5 Å². The van der Waals surface area contributed by atoms with E-state index in [0.29, 0.717) is 38.0 Å². The van der Waals surface area contributed by atoms with Crippen molar-refractivity contribution in [1.82, 2.24) is 4.98 Å². The molecule has 3 aromatic rings. The van der Waals surface area contributed by atoms with E-state index in [0.717, 1.165) is 6.20 Å². The molecule has 0 saturated carbocycles. The largest absolute Gasteiger partial charge is 0.496 e. The van der Waals surface area contributed by atoms with E-state index in [4.69, 9.17) is 33.7 Å². The first-order chi connectivity index (χ1) is 12.9. The van der Waals surface area contributed by atoms with Gasteiger partial charge in [0.05, 0.1) is 35.5 Å². The average molecular weight is 480 g/mol. The van der Waals surface area contributed by atoms with Crippen molar-refractivity contribution in [2.75, 3.05) is 7.11 Å². The number of aliphatic hydroxyl groups excluding tert-OH is 1. The standard InChI is InChI=1S/C20H17Cl2FN2O2.2ClH/c1-27-18-8-12(2-4-15(18)13-6-14(23)10-25-9-13)20(26)19(24)11-3-5-16(21)17(22)7-11;;/h2-10,19-20,26H,24H2,1H3;2*1H. The minimum atomic E-state index is -1.00. The first kappa shape index (κ1) is 25.4. The summed E-state index contributed by atoms with van der Waals surface area (Å²) in [7, 11) is 1.50. The molecule has 0 aliphatic rings. The van der Waals surface area contributed by atoms with Gasteiger partial charge in [-0.15, -0.1) is 24.8 Å². The maximum Gasteiger partial charge on any atom is 0.142 e. The molecule has 2 aromatic carbocycles. The second-order valence-electron chi connectivity index (χ2n) is 6.00. The average Bonchev–Trinajstić information content (AvgIpc) is 2.68. The molecule has 0 bridgehead atoms. The third-order valence-corrected chi connectivity index (χ3v) is 4.99. The molecule has 156 valence electrons. The van der Waals surface area contributed by atoms with E-state index in [1.165, 1.54) is 13.2 Å². The minimum Gasteiger partial charge on any atom is -0.496 e. The molecule has 2 atom stereocenters. The van der Waals surface area contributed by atoms with E-state index in [-0.39, 0.29) is 24.8 Å². The van der Waals surface area contributed by atoms with Gasteiger partial charge in [0, 0.05) is 17.3 Å². The first-order valence-electron chi connectivity index (χ1n) is 8.08. The molecule has 2 unspecified atom stereocenters. The monoisotopic (exact) mass is 478 g/mol. The predicted molar refractivity (Wildman–Crippen MR) is 119 cm³/mol. The Morgan fingerprint density at radius 2 is 1.69 bits per heavy atom. The summed E-state index contributed by atoms with van der Waals surface area (Å²) in [6.45, 7) is 0. The van der Waals surface area contributed by atoms with Crippen LogP contribution in [0.15, 0.2) is 54.9 Å². The summed E-state index contributed by atoms with van der Waals surface area (Å²) in [6.07, 6.45) is 1.67. The van der Waals surface area contributed by atoms with Crippen LogP contribution in [0.25, 0.3) is 11.1 Å². The molecule has 29 heavy (non-hydrogen) atoms. The number of aromatic nitrogens is 1. The van der Waals surface area contributed by atoms with E-state index in [2.05, 4.69) is 4.98 Å². The summed E-state index contributed by atoms with van der Waals surface area (Å²) >= 11 is 12.0. The quantitative estimate of drug-likeness (QED) is 0.486. The number of halogens is 5. The SMILES string of the molecule is COc1cc(C(O)C(N)c2ccc(Cl)c(Cl)c2)ccc1-c1cncc(F)c1.Cl.Cl. The van der Waals surface area contributed by atoms with E-state index < -0.39 is 18.0 Å². The Balaban J connectivity index is 0.00000210. The molecule has 3 N–H and O–H groups in total. The van der Waals surface area contributed by atoms with Crippen molar-refractivity contribution in [2.45, 2.75) is 12.1 Å². The van der Waals surface area contributed by atoms with Gasteiger partial charge < -0.3 is 15.6 Å². The van der Waals surface area contributed by atoms with E-state index in [1.807, 2.05) is 0 Å². The highest BCUT2D eigenvalue weighted by Crippen LogP contribution is 2.36. The second-order valence-corrected chi connectivity index (χ2v) is 6.81. The zero-order valence-corrected chi connectivity index (χ0v) is 18.3.